The molecule has 4 atom stereocenters. The summed E-state index contributed by atoms with van der Waals surface area (Å²) in [7, 11) is 0. The van der Waals surface area contributed by atoms with Crippen LogP contribution in [0.1, 0.15) is 75.8 Å². The molecule has 0 aromatic heterocycles. The van der Waals surface area contributed by atoms with Gasteiger partial charge >= 0.3 is 0 Å². The number of aryl methyl sites for hydroxylation is 1. The number of rotatable bonds is 7. The number of carbonyl (C=O) groups excluding carboxylic acids is 3. The predicted molar refractivity (Wildman–Crippen MR) is 190 cm³/mol. The van der Waals surface area contributed by atoms with Gasteiger partial charge in [-0.1, -0.05) is 95.8 Å². The number of phenolic OH excluding ortho intramolecular Hbond substituents is 1. The molecule has 4 N–H and O–H groups in total. The smallest absolute Gasteiger partial charge is 0.203 e. The lowest BCUT2D eigenvalue weighted by Crippen LogP contribution is -2.69. The van der Waals surface area contributed by atoms with E-state index in [0.29, 0.717) is 12.0 Å². The normalized spacial score (nSPS) is 26.4. The molecule has 7 nitrogen and oxygen atoms in total. The third-order valence-corrected chi connectivity index (χ3v) is 11.3. The van der Waals surface area contributed by atoms with Crippen molar-refractivity contribution in [1.82, 2.24) is 0 Å². The summed E-state index contributed by atoms with van der Waals surface area (Å²) >= 11 is 0. The van der Waals surface area contributed by atoms with Gasteiger partial charge in [0.25, 0.3) is 0 Å². The minimum Gasteiger partial charge on any atom is -0.508 e. The minimum absolute atomic E-state index is 0.0420. The van der Waals surface area contributed by atoms with E-state index < -0.39 is 56.8 Å². The molecule has 0 bridgehead atoms. The second-order valence-corrected chi connectivity index (χ2v) is 15.0. The van der Waals surface area contributed by atoms with Gasteiger partial charge in [0.1, 0.15) is 22.8 Å². The first-order valence-corrected chi connectivity index (χ1v) is 16.9. The number of phenols is 1. The molecular weight excluding hydrogens is 616 g/mol. The number of hydrogen-bond acceptors (Lipinski definition) is 7. The highest BCUT2D eigenvalue weighted by molar-refractivity contribution is 6.24. The van der Waals surface area contributed by atoms with E-state index in [9.17, 15) is 34.8 Å². The first-order chi connectivity index (χ1) is 23.0. The SMILES string of the molecule is C=C(Cc1ccc(-c2ccc(O)c3c2C[C@]2(C)C[C@]4(C)C(C(C)C)C(=O)C(C(C)=O)=C(O)[C@]4(O)C(=O)C2=C3O)cc1)c1ccc(CC)cc1. The molecule has 0 radical (unpaired) electrons. The molecule has 7 heteroatoms. The Hall–Kier alpha value is -4.75. The van der Waals surface area contributed by atoms with Crippen molar-refractivity contribution in [3.63, 3.8) is 0 Å². The monoisotopic (exact) mass is 660 g/mol. The van der Waals surface area contributed by atoms with Crippen molar-refractivity contribution in [2.24, 2.45) is 22.7 Å². The molecule has 0 heterocycles. The van der Waals surface area contributed by atoms with Crippen molar-refractivity contribution < 1.29 is 34.8 Å². The Labute approximate surface area is 287 Å². The lowest BCUT2D eigenvalue weighted by atomic mass is 9.43. The Kier molecular flexibility index (Phi) is 8.14. The largest absolute Gasteiger partial charge is 0.508 e. The summed E-state index contributed by atoms with van der Waals surface area (Å²) in [6.45, 7) is 14.5. The summed E-state index contributed by atoms with van der Waals surface area (Å²) < 4.78 is 0. The third kappa shape index (κ3) is 4.92. The highest BCUT2D eigenvalue weighted by atomic mass is 16.3. The zero-order valence-electron chi connectivity index (χ0n) is 29.0. The van der Waals surface area contributed by atoms with Crippen LogP contribution in [0.4, 0.5) is 0 Å². The molecule has 3 aromatic rings. The van der Waals surface area contributed by atoms with Gasteiger partial charge in [-0.15, -0.1) is 0 Å². The van der Waals surface area contributed by atoms with Gasteiger partial charge in [-0.3, -0.25) is 14.4 Å². The molecule has 3 aliphatic rings. The average molecular weight is 661 g/mol. The van der Waals surface area contributed by atoms with Crippen LogP contribution < -0.4 is 0 Å². The minimum atomic E-state index is -2.64. The van der Waals surface area contributed by atoms with Crippen LogP contribution in [0, 0.1) is 22.7 Å². The van der Waals surface area contributed by atoms with Crippen LogP contribution in [0.2, 0.25) is 0 Å². The van der Waals surface area contributed by atoms with Crippen molar-refractivity contribution in [1.29, 1.82) is 0 Å². The Balaban J connectivity index is 1.44. The van der Waals surface area contributed by atoms with Crippen LogP contribution in [0.5, 0.6) is 5.75 Å². The van der Waals surface area contributed by atoms with E-state index in [4.69, 9.17) is 0 Å². The molecule has 0 saturated heterocycles. The molecule has 3 aliphatic carbocycles. The maximum atomic E-state index is 14.6. The van der Waals surface area contributed by atoms with Crippen LogP contribution in [0.3, 0.4) is 0 Å². The number of Topliss-reactive ketones (excluding diaryl/α,β-unsaturated/α-hetero) is 3. The summed E-state index contributed by atoms with van der Waals surface area (Å²) in [5.41, 5.74) is 0.796. The fourth-order valence-electron chi connectivity index (χ4n) is 9.12. The van der Waals surface area contributed by atoms with Gasteiger partial charge in [-0.05, 0) is 83.5 Å². The molecular formula is C42H44O7. The number of carbonyl (C=O) groups is 3. The highest BCUT2D eigenvalue weighted by Gasteiger charge is 2.72. The van der Waals surface area contributed by atoms with Crippen molar-refractivity contribution in [3.05, 3.63) is 112 Å². The second kappa shape index (κ2) is 11.7. The number of benzene rings is 3. The van der Waals surface area contributed by atoms with Crippen LogP contribution in [-0.4, -0.2) is 43.4 Å². The number of aliphatic hydroxyl groups excluding tert-OH is 2. The lowest BCUT2D eigenvalue weighted by Gasteiger charge is -2.59. The van der Waals surface area contributed by atoms with E-state index in [1.165, 1.54) is 11.6 Å². The van der Waals surface area contributed by atoms with Gasteiger partial charge < -0.3 is 20.4 Å². The molecule has 6 rings (SSSR count). The van der Waals surface area contributed by atoms with Gasteiger partial charge in [-0.2, -0.15) is 0 Å². The zero-order valence-corrected chi connectivity index (χ0v) is 29.0. The topological polar surface area (TPSA) is 132 Å². The Morgan fingerprint density at radius 1 is 0.939 bits per heavy atom. The van der Waals surface area contributed by atoms with E-state index in [2.05, 4.69) is 37.8 Å². The van der Waals surface area contributed by atoms with E-state index in [0.717, 1.165) is 41.2 Å². The number of aliphatic hydroxyl groups is 3. The van der Waals surface area contributed by atoms with E-state index in [1.54, 1.807) is 26.8 Å². The maximum absolute atomic E-state index is 14.6. The van der Waals surface area contributed by atoms with E-state index in [1.807, 2.05) is 31.2 Å². The number of allylic oxidation sites excluding steroid dienone is 2. The van der Waals surface area contributed by atoms with Gasteiger partial charge in [0, 0.05) is 22.3 Å². The number of ketones is 3. The molecule has 0 aliphatic heterocycles. The fourth-order valence-corrected chi connectivity index (χ4v) is 9.12. The Morgan fingerprint density at radius 3 is 2.12 bits per heavy atom. The summed E-state index contributed by atoms with van der Waals surface area (Å²) in [5.74, 6) is -5.36. The molecule has 0 amide bonds. The van der Waals surface area contributed by atoms with Crippen molar-refractivity contribution >= 4 is 28.7 Å². The maximum Gasteiger partial charge on any atom is 0.203 e. The fraction of sp³-hybridized carbons (Fsp3) is 0.357. The first-order valence-electron chi connectivity index (χ1n) is 16.9. The number of fused-ring (bicyclic) bond motifs is 3. The quantitative estimate of drug-likeness (QED) is 0.191. The summed E-state index contributed by atoms with van der Waals surface area (Å²) in [4.78, 5) is 40.9. The highest BCUT2D eigenvalue weighted by Crippen LogP contribution is 2.65. The first kappa shape index (κ1) is 34.1. The van der Waals surface area contributed by atoms with Crippen LogP contribution >= 0.6 is 0 Å². The summed E-state index contributed by atoms with van der Waals surface area (Å²) in [6, 6.07) is 19.7. The Bertz CT molecular complexity index is 2000. The lowest BCUT2D eigenvalue weighted by molar-refractivity contribution is -0.178. The van der Waals surface area contributed by atoms with Crippen molar-refractivity contribution in [2.75, 3.05) is 0 Å². The molecule has 1 saturated carbocycles. The predicted octanol–water partition coefficient (Wildman–Crippen LogP) is 7.68. The number of hydrogen-bond donors (Lipinski definition) is 4. The van der Waals surface area contributed by atoms with Gasteiger partial charge in [-0.25, -0.2) is 0 Å². The molecule has 1 fully saturated rings. The third-order valence-electron chi connectivity index (χ3n) is 11.3. The molecule has 49 heavy (non-hydrogen) atoms. The standard InChI is InChI=1S/C42H44O7/c1-8-25-9-13-27(14-10-25)23(4)19-26-11-15-28(16-12-26)29-17-18-31(44)33-30(29)20-40(6)21-41(7)34(22(2)3)36(45)32(24(5)43)38(47)42(41,49)39(48)35(40)37(33)46/h9-18,22,34,44,46-47,49H,4,8,19-21H2,1-3,5-7H3/t34?,40-,41-,42+/m1/s1. The second-order valence-electron chi connectivity index (χ2n) is 15.0. The van der Waals surface area contributed by atoms with Crippen LogP contribution in [0.25, 0.3) is 22.5 Å². The summed E-state index contributed by atoms with van der Waals surface area (Å²) in [5, 5.41) is 46.6. The molecule has 1 unspecified atom stereocenters. The van der Waals surface area contributed by atoms with Crippen LogP contribution in [-0.2, 0) is 33.6 Å². The van der Waals surface area contributed by atoms with E-state index in [-0.39, 0.29) is 35.6 Å². The van der Waals surface area contributed by atoms with E-state index >= 15 is 0 Å². The zero-order chi connectivity index (χ0) is 35.8. The van der Waals surface area contributed by atoms with Crippen molar-refractivity contribution in [2.45, 2.75) is 72.8 Å². The van der Waals surface area contributed by atoms with Gasteiger partial charge in [0.2, 0.25) is 5.78 Å². The Morgan fingerprint density at radius 2 is 1.55 bits per heavy atom. The van der Waals surface area contributed by atoms with Crippen molar-refractivity contribution in [3.8, 4) is 16.9 Å². The van der Waals surface area contributed by atoms with Gasteiger partial charge in [0.15, 0.2) is 17.2 Å². The van der Waals surface area contributed by atoms with Crippen LogP contribution in [0.15, 0.2) is 84.1 Å². The summed E-state index contributed by atoms with van der Waals surface area (Å²) in [6.07, 6.45) is 1.89. The number of aromatic hydroxyl groups is 1. The average Bonchev–Trinajstić information content (AvgIpc) is 3.03. The molecule has 3 aromatic carbocycles. The van der Waals surface area contributed by atoms with Gasteiger partial charge in [0.05, 0.1) is 5.56 Å². The molecule has 254 valence electrons. The molecule has 0 spiro atoms.